The number of carbonyl (C=O) groups is 1. The Kier molecular flexibility index (Phi) is 4.99. The van der Waals surface area contributed by atoms with E-state index in [0.717, 1.165) is 37.8 Å². The van der Waals surface area contributed by atoms with Crippen molar-refractivity contribution in [2.75, 3.05) is 20.3 Å². The van der Waals surface area contributed by atoms with Gasteiger partial charge >= 0.3 is 0 Å². The molecule has 3 aliphatic rings. The number of amides is 1. The molecule has 0 fully saturated rings. The molecular weight excluding hydrogens is 342 g/mol. The number of hydrogen-bond acceptors (Lipinski definition) is 5. The number of hydrogen-bond donors (Lipinski definition) is 1. The first-order valence-corrected chi connectivity index (χ1v) is 9.54. The standard InChI is InChI=1S/C21H25N3O3/c1-26-19-11-16-17(12-20(19)27-9-5-4-8-22)23-13-15-10-14-6-2-3-7-18(14)24(15)21(16)25/h3,7,11-13,15H,2,4-6,8-10,22H2,1H3/t15-/m0/s1. The lowest BCUT2D eigenvalue weighted by molar-refractivity contribution is 0.0806. The molecule has 2 aliphatic heterocycles. The molecule has 0 aromatic heterocycles. The summed E-state index contributed by atoms with van der Waals surface area (Å²) in [6.07, 6.45) is 10.8. The van der Waals surface area contributed by atoms with Crippen LogP contribution in [0.25, 0.3) is 0 Å². The summed E-state index contributed by atoms with van der Waals surface area (Å²) < 4.78 is 11.3. The third kappa shape index (κ3) is 3.25. The van der Waals surface area contributed by atoms with Crippen LogP contribution in [0.3, 0.4) is 0 Å². The van der Waals surface area contributed by atoms with E-state index in [1.54, 1.807) is 19.2 Å². The largest absolute Gasteiger partial charge is 0.493 e. The number of rotatable bonds is 6. The molecule has 1 aliphatic carbocycles. The SMILES string of the molecule is COc1cc2c(cc1OCCCCN)N=C[C@@H]1CC3=C(C=CCC3)N1C2=O. The number of fused-ring (bicyclic) bond motifs is 3. The highest BCUT2D eigenvalue weighted by molar-refractivity contribution is 6.05. The number of ether oxygens (including phenoxy) is 2. The Hall–Kier alpha value is -2.60. The molecule has 0 saturated carbocycles. The van der Waals surface area contributed by atoms with E-state index in [0.29, 0.717) is 35.9 Å². The van der Waals surface area contributed by atoms with Gasteiger partial charge in [0.15, 0.2) is 11.5 Å². The topological polar surface area (TPSA) is 77.2 Å². The van der Waals surface area contributed by atoms with Crippen molar-refractivity contribution < 1.29 is 14.3 Å². The highest BCUT2D eigenvalue weighted by Crippen LogP contribution is 2.41. The van der Waals surface area contributed by atoms with Crippen LogP contribution in [0.15, 0.2) is 40.5 Å². The Morgan fingerprint density at radius 2 is 2.19 bits per heavy atom. The van der Waals surface area contributed by atoms with E-state index in [1.165, 1.54) is 5.57 Å². The number of methoxy groups -OCH3 is 1. The lowest BCUT2D eigenvalue weighted by Gasteiger charge is -2.24. The van der Waals surface area contributed by atoms with Crippen LogP contribution in [0.4, 0.5) is 5.69 Å². The van der Waals surface area contributed by atoms with Crippen LogP contribution in [0, 0.1) is 0 Å². The summed E-state index contributed by atoms with van der Waals surface area (Å²) in [5.41, 5.74) is 9.09. The molecule has 0 radical (unpaired) electrons. The van der Waals surface area contributed by atoms with E-state index in [9.17, 15) is 4.79 Å². The van der Waals surface area contributed by atoms with Gasteiger partial charge in [-0.15, -0.1) is 0 Å². The Bertz CT molecular complexity index is 841. The predicted octanol–water partition coefficient (Wildman–Crippen LogP) is 3.35. The van der Waals surface area contributed by atoms with Crippen molar-refractivity contribution in [1.82, 2.24) is 4.90 Å². The zero-order valence-electron chi connectivity index (χ0n) is 15.6. The zero-order valence-corrected chi connectivity index (χ0v) is 15.6. The average molecular weight is 367 g/mol. The van der Waals surface area contributed by atoms with Gasteiger partial charge < -0.3 is 15.2 Å². The van der Waals surface area contributed by atoms with Gasteiger partial charge in [-0.25, -0.2) is 0 Å². The first-order valence-electron chi connectivity index (χ1n) is 9.54. The van der Waals surface area contributed by atoms with Crippen molar-refractivity contribution in [2.24, 2.45) is 10.7 Å². The maximum atomic E-state index is 13.3. The third-order valence-corrected chi connectivity index (χ3v) is 5.27. The molecule has 1 atom stereocenters. The van der Waals surface area contributed by atoms with E-state index >= 15 is 0 Å². The summed E-state index contributed by atoms with van der Waals surface area (Å²) in [4.78, 5) is 19.8. The molecule has 0 saturated heterocycles. The molecule has 0 bridgehead atoms. The first kappa shape index (κ1) is 17.8. The van der Waals surface area contributed by atoms with Gasteiger partial charge in [-0.1, -0.05) is 6.08 Å². The summed E-state index contributed by atoms with van der Waals surface area (Å²) in [5.74, 6) is 1.13. The molecule has 1 aromatic rings. The van der Waals surface area contributed by atoms with E-state index in [1.807, 2.05) is 11.1 Å². The van der Waals surface area contributed by atoms with E-state index < -0.39 is 0 Å². The lowest BCUT2D eigenvalue weighted by atomic mass is 10.0. The van der Waals surface area contributed by atoms with Crippen LogP contribution >= 0.6 is 0 Å². The average Bonchev–Trinajstić information content (AvgIpc) is 3.01. The first-order chi connectivity index (χ1) is 13.2. The van der Waals surface area contributed by atoms with Crippen molar-refractivity contribution in [1.29, 1.82) is 0 Å². The molecule has 4 rings (SSSR count). The molecule has 0 unspecified atom stereocenters. The van der Waals surface area contributed by atoms with Crippen LogP contribution in [-0.4, -0.2) is 43.3 Å². The fraction of sp³-hybridized carbons (Fsp3) is 0.429. The molecule has 2 heterocycles. The fourth-order valence-corrected chi connectivity index (χ4v) is 3.88. The van der Waals surface area contributed by atoms with Gasteiger partial charge in [0.25, 0.3) is 5.91 Å². The smallest absolute Gasteiger partial charge is 0.261 e. The van der Waals surface area contributed by atoms with Crippen molar-refractivity contribution in [2.45, 2.75) is 38.1 Å². The quantitative estimate of drug-likeness (QED) is 0.782. The maximum Gasteiger partial charge on any atom is 0.261 e. The minimum absolute atomic E-state index is 0.0161. The Morgan fingerprint density at radius 1 is 1.30 bits per heavy atom. The molecular formula is C21H25N3O3. The zero-order chi connectivity index (χ0) is 18.8. The van der Waals surface area contributed by atoms with E-state index in [4.69, 9.17) is 15.2 Å². The highest BCUT2D eigenvalue weighted by atomic mass is 16.5. The van der Waals surface area contributed by atoms with Gasteiger partial charge in [0.2, 0.25) is 0 Å². The van der Waals surface area contributed by atoms with Gasteiger partial charge in [-0.3, -0.25) is 14.7 Å². The van der Waals surface area contributed by atoms with Gasteiger partial charge in [0.1, 0.15) is 0 Å². The second kappa shape index (κ2) is 7.56. The number of aliphatic imine (C=N–C) groups is 1. The van der Waals surface area contributed by atoms with Crippen LogP contribution in [0.1, 0.15) is 42.5 Å². The number of nitrogens with zero attached hydrogens (tertiary/aromatic N) is 2. The van der Waals surface area contributed by atoms with Gasteiger partial charge in [0.05, 0.1) is 31.0 Å². The highest BCUT2D eigenvalue weighted by Gasteiger charge is 2.37. The number of carbonyl (C=O) groups excluding carboxylic acids is 1. The van der Waals surface area contributed by atoms with Crippen molar-refractivity contribution in [3.8, 4) is 11.5 Å². The summed E-state index contributed by atoms with van der Waals surface area (Å²) in [7, 11) is 1.59. The maximum absolute atomic E-state index is 13.3. The Morgan fingerprint density at radius 3 is 3.00 bits per heavy atom. The molecule has 6 heteroatoms. The molecule has 142 valence electrons. The molecule has 6 nitrogen and oxygen atoms in total. The predicted molar refractivity (Wildman–Crippen MR) is 105 cm³/mol. The monoisotopic (exact) mass is 367 g/mol. The summed E-state index contributed by atoms with van der Waals surface area (Å²) in [5, 5.41) is 0. The van der Waals surface area contributed by atoms with Crippen LogP contribution in [0.2, 0.25) is 0 Å². The normalized spacial score (nSPS) is 20.3. The number of unbranched alkanes of at least 4 members (excludes halogenated alkanes) is 1. The van der Waals surface area contributed by atoms with Crippen molar-refractivity contribution in [3.63, 3.8) is 0 Å². The second-order valence-corrected chi connectivity index (χ2v) is 7.02. The Labute approximate surface area is 159 Å². The van der Waals surface area contributed by atoms with Crippen LogP contribution in [-0.2, 0) is 0 Å². The van der Waals surface area contributed by atoms with Crippen LogP contribution in [0.5, 0.6) is 11.5 Å². The molecule has 27 heavy (non-hydrogen) atoms. The summed E-state index contributed by atoms with van der Waals surface area (Å²) in [6, 6.07) is 3.54. The van der Waals surface area contributed by atoms with Crippen molar-refractivity contribution >= 4 is 17.8 Å². The Balaban J connectivity index is 1.66. The lowest BCUT2D eigenvalue weighted by Crippen LogP contribution is -2.35. The van der Waals surface area contributed by atoms with Crippen LogP contribution < -0.4 is 15.2 Å². The number of allylic oxidation sites excluding steroid dienone is 2. The summed E-state index contributed by atoms with van der Waals surface area (Å²) in [6.45, 7) is 1.20. The molecule has 1 aromatic carbocycles. The molecule has 2 N–H and O–H groups in total. The van der Waals surface area contributed by atoms with E-state index in [-0.39, 0.29) is 11.9 Å². The van der Waals surface area contributed by atoms with Crippen molar-refractivity contribution in [3.05, 3.63) is 41.1 Å². The number of nitrogens with two attached hydrogens (primary N) is 1. The number of benzene rings is 1. The third-order valence-electron chi connectivity index (χ3n) is 5.27. The van der Waals surface area contributed by atoms with Gasteiger partial charge in [-0.2, -0.15) is 0 Å². The molecule has 1 amide bonds. The fourth-order valence-electron chi connectivity index (χ4n) is 3.88. The van der Waals surface area contributed by atoms with E-state index in [2.05, 4.69) is 17.1 Å². The minimum atomic E-state index is -0.0305. The van der Waals surface area contributed by atoms with Gasteiger partial charge in [-0.05, 0) is 56.4 Å². The molecule has 0 spiro atoms. The minimum Gasteiger partial charge on any atom is -0.493 e. The van der Waals surface area contributed by atoms with Gasteiger partial charge in [0, 0.05) is 18.0 Å². The second-order valence-electron chi connectivity index (χ2n) is 7.02. The summed E-state index contributed by atoms with van der Waals surface area (Å²) >= 11 is 0.